The molecule has 0 saturated heterocycles. The third-order valence-electron chi connectivity index (χ3n) is 5.04. The van der Waals surface area contributed by atoms with Gasteiger partial charge in [-0.05, 0) is 23.6 Å². The number of hydrogen-bond acceptors (Lipinski definition) is 5. The zero-order valence-corrected chi connectivity index (χ0v) is 18.3. The van der Waals surface area contributed by atoms with Gasteiger partial charge in [0.05, 0.1) is 21.3 Å². The summed E-state index contributed by atoms with van der Waals surface area (Å²) in [6, 6.07) is 7.39. The van der Waals surface area contributed by atoms with Gasteiger partial charge in [-0.2, -0.15) is 13.2 Å². The Labute approximate surface area is 183 Å². The predicted molar refractivity (Wildman–Crippen MR) is 110 cm³/mol. The van der Waals surface area contributed by atoms with Gasteiger partial charge < -0.3 is 24.6 Å². The molecule has 0 spiro atoms. The van der Waals surface area contributed by atoms with Gasteiger partial charge in [-0.15, -0.1) is 0 Å². The van der Waals surface area contributed by atoms with Gasteiger partial charge in [0.2, 0.25) is 5.60 Å². The normalized spacial score (nSPS) is 13.8. The molecule has 0 fully saturated rings. The zero-order chi connectivity index (χ0) is 24.3. The van der Waals surface area contributed by atoms with E-state index >= 15 is 0 Å². The third kappa shape index (κ3) is 5.24. The highest BCUT2D eigenvalue weighted by atomic mass is 19.4. The second kappa shape index (κ2) is 9.23. The van der Waals surface area contributed by atoms with Crippen molar-refractivity contribution >= 4 is 11.6 Å². The van der Waals surface area contributed by atoms with Gasteiger partial charge in [0.1, 0.15) is 23.1 Å². The average molecular weight is 459 g/mol. The van der Waals surface area contributed by atoms with Crippen molar-refractivity contribution in [1.82, 2.24) is 0 Å². The van der Waals surface area contributed by atoms with E-state index in [9.17, 15) is 27.5 Å². The number of amides is 1. The van der Waals surface area contributed by atoms with Crippen molar-refractivity contribution in [2.75, 3.05) is 26.6 Å². The molecular formula is C22H25F4NO5. The van der Waals surface area contributed by atoms with Crippen LogP contribution in [0, 0.1) is 5.82 Å². The molecule has 32 heavy (non-hydrogen) atoms. The number of methoxy groups -OCH3 is 3. The Morgan fingerprint density at radius 3 is 2.00 bits per heavy atom. The minimum absolute atomic E-state index is 0.0681. The fourth-order valence-corrected chi connectivity index (χ4v) is 3.37. The van der Waals surface area contributed by atoms with Crippen LogP contribution in [-0.2, 0) is 10.2 Å². The number of nitrogens with one attached hydrogen (secondary N) is 1. The minimum atomic E-state index is -5.34. The van der Waals surface area contributed by atoms with Crippen LogP contribution in [0.4, 0.5) is 23.2 Å². The van der Waals surface area contributed by atoms with Crippen molar-refractivity contribution in [3.8, 4) is 17.2 Å². The zero-order valence-electron chi connectivity index (χ0n) is 18.3. The number of aliphatic hydroxyl groups is 1. The summed E-state index contributed by atoms with van der Waals surface area (Å²) < 4.78 is 71.0. The molecule has 1 atom stereocenters. The average Bonchev–Trinajstić information content (AvgIpc) is 2.72. The first-order valence-corrected chi connectivity index (χ1v) is 9.45. The fourth-order valence-electron chi connectivity index (χ4n) is 3.37. The molecule has 1 unspecified atom stereocenters. The lowest BCUT2D eigenvalue weighted by atomic mass is 9.74. The molecule has 176 valence electrons. The van der Waals surface area contributed by atoms with Crippen molar-refractivity contribution in [3.63, 3.8) is 0 Å². The van der Waals surface area contributed by atoms with Crippen LogP contribution in [0.2, 0.25) is 0 Å². The van der Waals surface area contributed by atoms with Gasteiger partial charge in [0.25, 0.3) is 5.91 Å². The lowest BCUT2D eigenvalue weighted by Crippen LogP contribution is -2.57. The molecule has 0 saturated carbocycles. The molecule has 0 heterocycles. The van der Waals surface area contributed by atoms with Gasteiger partial charge in [0.15, 0.2) is 0 Å². The summed E-state index contributed by atoms with van der Waals surface area (Å²) >= 11 is 0. The Bertz CT molecular complexity index is 955. The van der Waals surface area contributed by atoms with Crippen LogP contribution in [0.25, 0.3) is 0 Å². The van der Waals surface area contributed by atoms with Crippen LogP contribution in [0.15, 0.2) is 36.4 Å². The van der Waals surface area contributed by atoms with E-state index in [-0.39, 0.29) is 28.5 Å². The van der Waals surface area contributed by atoms with Crippen molar-refractivity contribution in [3.05, 3.63) is 47.8 Å². The van der Waals surface area contributed by atoms with Crippen LogP contribution in [0.3, 0.4) is 0 Å². The molecule has 2 rings (SSSR count). The summed E-state index contributed by atoms with van der Waals surface area (Å²) in [5, 5.41) is 12.7. The van der Waals surface area contributed by atoms with E-state index in [0.29, 0.717) is 0 Å². The number of alkyl halides is 3. The highest BCUT2D eigenvalue weighted by Crippen LogP contribution is 2.44. The van der Waals surface area contributed by atoms with E-state index in [4.69, 9.17) is 14.2 Å². The van der Waals surface area contributed by atoms with E-state index < -0.39 is 35.3 Å². The molecule has 10 heteroatoms. The lowest BCUT2D eigenvalue weighted by Gasteiger charge is -2.37. The molecule has 1 amide bonds. The summed E-state index contributed by atoms with van der Waals surface area (Å²) in [6.07, 6.45) is -6.44. The summed E-state index contributed by atoms with van der Waals surface area (Å²) in [4.78, 5) is 12.7. The Balaban J connectivity index is 2.46. The van der Waals surface area contributed by atoms with Gasteiger partial charge in [-0.3, -0.25) is 4.79 Å². The molecule has 0 aliphatic heterocycles. The molecule has 0 radical (unpaired) electrons. The molecule has 0 aliphatic carbocycles. The number of rotatable bonds is 8. The van der Waals surface area contributed by atoms with E-state index in [0.717, 1.165) is 12.1 Å². The van der Waals surface area contributed by atoms with Gasteiger partial charge in [-0.25, -0.2) is 4.39 Å². The van der Waals surface area contributed by atoms with Crippen LogP contribution in [0.1, 0.15) is 25.8 Å². The molecular weight excluding hydrogens is 434 g/mol. The molecule has 2 aromatic rings. The lowest BCUT2D eigenvalue weighted by molar-refractivity contribution is -0.254. The molecule has 2 aromatic carbocycles. The predicted octanol–water partition coefficient (Wildman–Crippen LogP) is 4.45. The maximum atomic E-state index is 14.0. The summed E-state index contributed by atoms with van der Waals surface area (Å²) in [5.41, 5.74) is -5.32. The second-order valence-corrected chi connectivity index (χ2v) is 7.82. The number of carbonyl (C=O) groups excluding carboxylic acids is 1. The number of halogens is 4. The monoisotopic (exact) mass is 459 g/mol. The van der Waals surface area contributed by atoms with Gasteiger partial charge >= 0.3 is 6.18 Å². The first-order valence-electron chi connectivity index (χ1n) is 9.45. The summed E-state index contributed by atoms with van der Waals surface area (Å²) in [6.45, 7) is 2.70. The minimum Gasteiger partial charge on any atom is -0.497 e. The molecule has 0 bridgehead atoms. The van der Waals surface area contributed by atoms with Crippen LogP contribution in [0.5, 0.6) is 17.2 Å². The van der Waals surface area contributed by atoms with Crippen LogP contribution < -0.4 is 19.5 Å². The number of hydrogen-bond donors (Lipinski definition) is 2. The van der Waals surface area contributed by atoms with E-state index in [1.807, 2.05) is 0 Å². The SMILES string of the molecule is COc1cc(NC(=O)C(O)(CC(C)(C)c2cc(F)ccc2OC)C(F)(F)F)cc(OC)c1. The Kier molecular flexibility index (Phi) is 7.29. The van der Waals surface area contributed by atoms with E-state index in [1.54, 1.807) is 0 Å². The molecule has 6 nitrogen and oxygen atoms in total. The standard InChI is InChI=1S/C22H25F4NO5/c1-20(2,17-8-13(23)6-7-18(17)32-5)12-21(29,22(24,25)26)19(28)27-14-9-15(30-3)11-16(10-14)31-4/h6-11,29H,12H2,1-5H3,(H,27,28). The highest BCUT2D eigenvalue weighted by molar-refractivity contribution is 5.98. The molecule has 0 aliphatic rings. The Morgan fingerprint density at radius 2 is 1.53 bits per heavy atom. The van der Waals surface area contributed by atoms with Gasteiger partial charge in [0, 0.05) is 35.9 Å². The van der Waals surface area contributed by atoms with Crippen molar-refractivity contribution in [2.24, 2.45) is 0 Å². The Morgan fingerprint density at radius 1 is 0.969 bits per heavy atom. The summed E-state index contributed by atoms with van der Waals surface area (Å²) in [5.74, 6) is -1.83. The quantitative estimate of drug-likeness (QED) is 0.571. The largest absolute Gasteiger partial charge is 0.497 e. The van der Waals surface area contributed by atoms with Crippen molar-refractivity contribution in [2.45, 2.75) is 37.5 Å². The van der Waals surface area contributed by atoms with Crippen molar-refractivity contribution in [1.29, 1.82) is 0 Å². The number of benzene rings is 2. The molecule has 0 aromatic heterocycles. The number of ether oxygens (including phenoxy) is 3. The smallest absolute Gasteiger partial charge is 0.426 e. The second-order valence-electron chi connectivity index (χ2n) is 7.82. The number of carbonyl (C=O) groups is 1. The third-order valence-corrected chi connectivity index (χ3v) is 5.04. The Hall–Kier alpha value is -3.01. The first kappa shape index (κ1) is 25.3. The summed E-state index contributed by atoms with van der Waals surface area (Å²) in [7, 11) is 3.95. The number of anilines is 1. The highest BCUT2D eigenvalue weighted by Gasteiger charge is 2.61. The van der Waals surface area contributed by atoms with E-state index in [2.05, 4.69) is 5.32 Å². The first-order chi connectivity index (χ1) is 14.8. The topological polar surface area (TPSA) is 77.0 Å². The van der Waals surface area contributed by atoms with Crippen molar-refractivity contribution < 1.29 is 41.7 Å². The fraction of sp³-hybridized carbons (Fsp3) is 0.409. The van der Waals surface area contributed by atoms with Crippen LogP contribution >= 0.6 is 0 Å². The van der Waals surface area contributed by atoms with E-state index in [1.165, 1.54) is 59.4 Å². The maximum Gasteiger partial charge on any atom is 0.426 e. The maximum absolute atomic E-state index is 14.0. The van der Waals surface area contributed by atoms with Gasteiger partial charge in [-0.1, -0.05) is 13.8 Å². The molecule has 2 N–H and O–H groups in total. The van der Waals surface area contributed by atoms with Crippen LogP contribution in [-0.4, -0.2) is 44.1 Å².